The third kappa shape index (κ3) is 3.59. The number of thioether (sulfide) groups is 1. The van der Waals surface area contributed by atoms with Crippen molar-refractivity contribution in [2.45, 2.75) is 5.75 Å². The second kappa shape index (κ2) is 8.51. The normalized spacial score (nSPS) is 13.9. The fourth-order valence-corrected chi connectivity index (χ4v) is 4.25. The van der Waals surface area contributed by atoms with Gasteiger partial charge in [0.15, 0.2) is 11.5 Å². The summed E-state index contributed by atoms with van der Waals surface area (Å²) in [5.41, 5.74) is 1.50. The van der Waals surface area contributed by atoms with Gasteiger partial charge in [-0.3, -0.25) is 9.59 Å². The molecule has 0 atom stereocenters. The molecule has 6 nitrogen and oxygen atoms in total. The largest absolute Gasteiger partial charge is 0.493 e. The maximum Gasteiger partial charge on any atom is 0.272 e. The number of methoxy groups -OCH3 is 2. The minimum Gasteiger partial charge on any atom is -0.493 e. The van der Waals surface area contributed by atoms with E-state index in [4.69, 9.17) is 13.9 Å². The molecular formula is C23H19NO5S. The molecule has 0 unspecified atom stereocenters. The van der Waals surface area contributed by atoms with Crippen LogP contribution in [0.15, 0.2) is 76.2 Å². The molecule has 152 valence electrons. The Morgan fingerprint density at radius 2 is 1.67 bits per heavy atom. The molecule has 0 N–H and O–H groups in total. The zero-order valence-corrected chi connectivity index (χ0v) is 17.3. The lowest BCUT2D eigenvalue weighted by atomic mass is 10.1. The number of anilines is 1. The molecule has 0 bridgehead atoms. The Kier molecular flexibility index (Phi) is 5.63. The summed E-state index contributed by atoms with van der Waals surface area (Å²) in [6, 6.07) is 17.8. The molecule has 2 heterocycles. The van der Waals surface area contributed by atoms with Gasteiger partial charge in [-0.1, -0.05) is 30.3 Å². The first-order chi connectivity index (χ1) is 14.6. The quantitative estimate of drug-likeness (QED) is 0.523. The molecule has 3 aromatic rings. The Hall–Kier alpha value is -3.45. The molecule has 1 aromatic heterocycles. The predicted octanol–water partition coefficient (Wildman–Crippen LogP) is 4.51. The first-order valence-corrected chi connectivity index (χ1v) is 10.2. The van der Waals surface area contributed by atoms with Crippen molar-refractivity contribution in [3.05, 3.63) is 83.2 Å². The van der Waals surface area contributed by atoms with Crippen molar-refractivity contribution < 1.29 is 23.5 Å². The van der Waals surface area contributed by atoms with Crippen LogP contribution in [-0.4, -0.2) is 26.0 Å². The Morgan fingerprint density at radius 3 is 2.33 bits per heavy atom. The van der Waals surface area contributed by atoms with E-state index in [1.807, 2.05) is 36.4 Å². The fraction of sp³-hybridized carbons (Fsp3) is 0.130. The number of nitrogens with zero attached hydrogens (tertiary/aromatic N) is 1. The molecule has 0 saturated heterocycles. The summed E-state index contributed by atoms with van der Waals surface area (Å²) in [5.74, 6) is 1.38. The zero-order chi connectivity index (χ0) is 21.1. The standard InChI is InChI=1S/C23H19NO5S/c1-27-18-11-10-16(13-19(18)28-2)24-22(25)20(15-7-4-3-5-8-15)21(23(24)26)30-14-17-9-6-12-29-17/h3-13H,14H2,1-2H3. The first kappa shape index (κ1) is 19.8. The topological polar surface area (TPSA) is 69.0 Å². The highest BCUT2D eigenvalue weighted by atomic mass is 32.2. The summed E-state index contributed by atoms with van der Waals surface area (Å²) >= 11 is 1.29. The van der Waals surface area contributed by atoms with E-state index in [9.17, 15) is 9.59 Å². The molecule has 7 heteroatoms. The van der Waals surface area contributed by atoms with Gasteiger partial charge in [-0.2, -0.15) is 0 Å². The van der Waals surface area contributed by atoms with Crippen molar-refractivity contribution in [2.24, 2.45) is 0 Å². The van der Waals surface area contributed by atoms with Gasteiger partial charge in [0.2, 0.25) is 0 Å². The lowest BCUT2D eigenvalue weighted by Crippen LogP contribution is -2.31. The van der Waals surface area contributed by atoms with E-state index >= 15 is 0 Å². The van der Waals surface area contributed by atoms with Gasteiger partial charge in [0, 0.05) is 6.07 Å². The molecule has 1 aliphatic rings. The Bertz CT molecular complexity index is 1110. The minimum absolute atomic E-state index is 0.373. The van der Waals surface area contributed by atoms with Crippen molar-refractivity contribution in [2.75, 3.05) is 19.1 Å². The van der Waals surface area contributed by atoms with Gasteiger partial charge in [-0.05, 0) is 29.8 Å². The van der Waals surface area contributed by atoms with E-state index in [0.717, 1.165) is 5.76 Å². The number of benzene rings is 2. The molecular weight excluding hydrogens is 402 g/mol. The minimum atomic E-state index is -0.375. The summed E-state index contributed by atoms with van der Waals surface area (Å²) in [6.45, 7) is 0. The average molecular weight is 421 g/mol. The summed E-state index contributed by atoms with van der Waals surface area (Å²) in [6.07, 6.45) is 1.58. The van der Waals surface area contributed by atoms with Gasteiger partial charge >= 0.3 is 0 Å². The van der Waals surface area contributed by atoms with Crippen molar-refractivity contribution in [3.63, 3.8) is 0 Å². The van der Waals surface area contributed by atoms with Gasteiger partial charge in [-0.15, -0.1) is 11.8 Å². The van der Waals surface area contributed by atoms with Crippen LogP contribution in [0, 0.1) is 0 Å². The molecule has 0 spiro atoms. The Morgan fingerprint density at radius 1 is 0.900 bits per heavy atom. The van der Waals surface area contributed by atoms with Crippen LogP contribution in [0.2, 0.25) is 0 Å². The lowest BCUT2D eigenvalue weighted by molar-refractivity contribution is -0.119. The average Bonchev–Trinajstić information content (AvgIpc) is 3.38. The van der Waals surface area contributed by atoms with Gasteiger partial charge in [0.05, 0.1) is 42.4 Å². The van der Waals surface area contributed by atoms with E-state index in [-0.39, 0.29) is 11.8 Å². The number of amides is 2. The molecule has 2 aromatic carbocycles. The van der Waals surface area contributed by atoms with E-state index in [1.165, 1.54) is 30.9 Å². The SMILES string of the molecule is COc1ccc(N2C(=O)C(SCc3ccco3)=C(c3ccccc3)C2=O)cc1OC. The number of hydrogen-bond acceptors (Lipinski definition) is 6. The number of hydrogen-bond donors (Lipinski definition) is 0. The van der Waals surface area contributed by atoms with Crippen LogP contribution < -0.4 is 14.4 Å². The first-order valence-electron chi connectivity index (χ1n) is 9.19. The summed E-state index contributed by atoms with van der Waals surface area (Å²) in [7, 11) is 3.04. The van der Waals surface area contributed by atoms with Crippen LogP contribution in [0.1, 0.15) is 11.3 Å². The van der Waals surface area contributed by atoms with Crippen LogP contribution in [0.4, 0.5) is 5.69 Å². The van der Waals surface area contributed by atoms with Gasteiger partial charge in [0.1, 0.15) is 5.76 Å². The van der Waals surface area contributed by atoms with Crippen LogP contribution in [0.5, 0.6) is 11.5 Å². The number of carbonyl (C=O) groups excluding carboxylic acids is 2. The third-order valence-electron chi connectivity index (χ3n) is 4.67. The number of rotatable bonds is 7. The van der Waals surface area contributed by atoms with E-state index in [0.29, 0.717) is 39.0 Å². The second-order valence-electron chi connectivity index (χ2n) is 6.42. The number of furan rings is 1. The van der Waals surface area contributed by atoms with Gasteiger partial charge in [0.25, 0.3) is 11.8 Å². The molecule has 30 heavy (non-hydrogen) atoms. The third-order valence-corrected chi connectivity index (χ3v) is 5.76. The highest BCUT2D eigenvalue weighted by molar-refractivity contribution is 8.03. The Labute approximate surface area is 178 Å². The predicted molar refractivity (Wildman–Crippen MR) is 115 cm³/mol. The number of ether oxygens (including phenoxy) is 2. The van der Waals surface area contributed by atoms with Crippen molar-refractivity contribution in [1.82, 2.24) is 0 Å². The van der Waals surface area contributed by atoms with Crippen molar-refractivity contribution in [1.29, 1.82) is 0 Å². The van der Waals surface area contributed by atoms with E-state index in [2.05, 4.69) is 0 Å². The zero-order valence-electron chi connectivity index (χ0n) is 16.5. The molecule has 2 amide bonds. The van der Waals surface area contributed by atoms with Crippen LogP contribution in [-0.2, 0) is 15.3 Å². The number of imide groups is 1. The van der Waals surface area contributed by atoms with Gasteiger partial charge < -0.3 is 13.9 Å². The molecule has 0 aliphatic carbocycles. The summed E-state index contributed by atoms with van der Waals surface area (Å²) < 4.78 is 16.0. The lowest BCUT2D eigenvalue weighted by Gasteiger charge is -2.17. The summed E-state index contributed by atoms with van der Waals surface area (Å²) in [4.78, 5) is 28.3. The van der Waals surface area contributed by atoms with E-state index < -0.39 is 0 Å². The van der Waals surface area contributed by atoms with E-state index in [1.54, 1.807) is 30.5 Å². The second-order valence-corrected chi connectivity index (χ2v) is 7.41. The molecule has 0 radical (unpaired) electrons. The summed E-state index contributed by atoms with van der Waals surface area (Å²) in [5, 5.41) is 0. The Balaban J connectivity index is 1.74. The molecule has 1 aliphatic heterocycles. The maximum atomic E-state index is 13.4. The maximum absolute atomic E-state index is 13.4. The molecule has 0 saturated carbocycles. The van der Waals surface area contributed by atoms with Crippen molar-refractivity contribution in [3.8, 4) is 11.5 Å². The van der Waals surface area contributed by atoms with Crippen LogP contribution in [0.25, 0.3) is 5.57 Å². The van der Waals surface area contributed by atoms with Gasteiger partial charge in [-0.25, -0.2) is 4.90 Å². The number of carbonyl (C=O) groups is 2. The highest BCUT2D eigenvalue weighted by Crippen LogP contribution is 2.41. The van der Waals surface area contributed by atoms with Crippen LogP contribution >= 0.6 is 11.8 Å². The monoisotopic (exact) mass is 421 g/mol. The smallest absolute Gasteiger partial charge is 0.272 e. The van der Waals surface area contributed by atoms with Crippen molar-refractivity contribution >= 4 is 34.8 Å². The fourth-order valence-electron chi connectivity index (χ4n) is 3.24. The molecule has 4 rings (SSSR count). The highest BCUT2D eigenvalue weighted by Gasteiger charge is 2.40. The molecule has 0 fully saturated rings. The van der Waals surface area contributed by atoms with Crippen LogP contribution in [0.3, 0.4) is 0 Å².